The van der Waals surface area contributed by atoms with Crippen molar-refractivity contribution < 1.29 is 44.1 Å². The number of likely N-dealkylation sites (N-methyl/N-ethyl adjacent to an activating group) is 1. The molecule has 0 unspecified atom stereocenters. The molecule has 2 nitrogen and oxygen atoms in total. The normalized spacial score (nSPS) is 16.1. The van der Waals surface area contributed by atoms with E-state index in [2.05, 4.69) is 18.0 Å². The number of nitrogens with zero attached hydrogens (tertiary/aromatic N) is 1. The predicted molar refractivity (Wildman–Crippen MR) is 50.5 cm³/mol. The fourth-order valence-electron chi connectivity index (χ4n) is 1.75. The molecule has 1 aromatic carbocycles. The minimum Gasteiger partial charge on any atom is -0.698 e. The van der Waals surface area contributed by atoms with Gasteiger partial charge in [-0.1, -0.05) is 23.8 Å². The van der Waals surface area contributed by atoms with Crippen LogP contribution >= 0.6 is 0 Å². The fraction of sp³-hybridized carbons (Fsp3) is 0.400. The van der Waals surface area contributed by atoms with Gasteiger partial charge in [0.05, 0.1) is 0 Å². The van der Waals surface area contributed by atoms with Gasteiger partial charge in [-0.25, -0.2) is 0 Å². The number of nitrogens with one attached hydrogen (secondary N) is 1. The van der Waals surface area contributed by atoms with Gasteiger partial charge < -0.3 is 10.6 Å². The Morgan fingerprint density at radius 3 is 2.92 bits per heavy atom. The largest absolute Gasteiger partial charge is 0.698 e. The standard InChI is InChI=1S/C10H13N2.Ac/c1-12-6-5-9-8(7-12)3-2-4-10(9)11;/h2-4,11H,5-7H2,1H3;/q-1;. The Kier molecular flexibility index (Phi) is 4.22. The summed E-state index contributed by atoms with van der Waals surface area (Å²) < 4.78 is 0. The van der Waals surface area contributed by atoms with Crippen LogP contribution in [0.4, 0.5) is 5.69 Å². The Balaban J connectivity index is 0.000000845. The van der Waals surface area contributed by atoms with Gasteiger partial charge in [0, 0.05) is 57.2 Å². The maximum absolute atomic E-state index is 7.70. The van der Waals surface area contributed by atoms with Crippen molar-refractivity contribution in [1.29, 1.82) is 0 Å². The zero-order valence-corrected chi connectivity index (χ0v) is 12.6. The maximum atomic E-state index is 7.70. The van der Waals surface area contributed by atoms with Crippen LogP contribution in [0.25, 0.3) is 5.73 Å². The van der Waals surface area contributed by atoms with Crippen molar-refractivity contribution in [3.8, 4) is 0 Å². The molecule has 0 saturated heterocycles. The van der Waals surface area contributed by atoms with E-state index >= 15 is 0 Å². The molecule has 0 atom stereocenters. The second-order valence-corrected chi connectivity index (χ2v) is 3.43. The van der Waals surface area contributed by atoms with Gasteiger partial charge in [0.2, 0.25) is 0 Å². The van der Waals surface area contributed by atoms with Crippen molar-refractivity contribution in [2.24, 2.45) is 0 Å². The van der Waals surface area contributed by atoms with Crippen molar-refractivity contribution >= 4 is 5.69 Å². The van der Waals surface area contributed by atoms with Gasteiger partial charge in [0.15, 0.2) is 0 Å². The first kappa shape index (κ1) is 11.5. The molecule has 1 heterocycles. The number of benzene rings is 1. The molecule has 0 aromatic heterocycles. The third-order valence-electron chi connectivity index (χ3n) is 2.46. The van der Waals surface area contributed by atoms with Crippen molar-refractivity contribution in [2.45, 2.75) is 13.0 Å². The minimum absolute atomic E-state index is 0. The van der Waals surface area contributed by atoms with Crippen LogP contribution < -0.4 is 0 Å². The van der Waals surface area contributed by atoms with Crippen LogP contribution in [-0.4, -0.2) is 18.5 Å². The van der Waals surface area contributed by atoms with Gasteiger partial charge in [-0.3, -0.25) is 0 Å². The molecule has 1 N–H and O–H groups in total. The molecule has 3 heteroatoms. The summed E-state index contributed by atoms with van der Waals surface area (Å²) in [6.07, 6.45) is 1.03. The van der Waals surface area contributed by atoms with Crippen molar-refractivity contribution in [3.05, 3.63) is 35.1 Å². The molecule has 1 aliphatic rings. The van der Waals surface area contributed by atoms with E-state index in [0.717, 1.165) is 19.5 Å². The van der Waals surface area contributed by atoms with E-state index in [9.17, 15) is 0 Å². The average molecular weight is 388 g/mol. The van der Waals surface area contributed by atoms with Gasteiger partial charge >= 0.3 is 0 Å². The van der Waals surface area contributed by atoms with E-state index in [1.165, 1.54) is 11.1 Å². The van der Waals surface area contributed by atoms with Crippen LogP contribution in [0, 0.1) is 44.1 Å². The first-order chi connectivity index (χ1) is 5.77. The number of fused-ring (bicyclic) bond motifs is 1. The van der Waals surface area contributed by atoms with Gasteiger partial charge in [-0.2, -0.15) is 0 Å². The van der Waals surface area contributed by atoms with Crippen LogP contribution in [0.5, 0.6) is 0 Å². The summed E-state index contributed by atoms with van der Waals surface area (Å²) in [7, 11) is 2.12. The quantitative estimate of drug-likeness (QED) is 0.671. The zero-order valence-electron chi connectivity index (χ0n) is 7.88. The minimum atomic E-state index is 0. The molecular weight excluding hydrogens is 375 g/mol. The molecular formula is C10H13AcN2-. The Labute approximate surface area is 115 Å². The SMILES string of the molecule is CN1CCc2c([NH-])cccc2C1.[Ac]. The first-order valence-corrected chi connectivity index (χ1v) is 4.28. The first-order valence-electron chi connectivity index (χ1n) is 4.28. The Bertz CT molecular complexity index is 299. The second-order valence-electron chi connectivity index (χ2n) is 3.43. The monoisotopic (exact) mass is 388 g/mol. The van der Waals surface area contributed by atoms with Crippen molar-refractivity contribution in [1.82, 2.24) is 4.90 Å². The second kappa shape index (κ2) is 4.78. The molecule has 0 bridgehead atoms. The summed E-state index contributed by atoms with van der Waals surface area (Å²) >= 11 is 0. The Morgan fingerprint density at radius 1 is 1.38 bits per heavy atom. The summed E-state index contributed by atoms with van der Waals surface area (Å²) in [5.74, 6) is 0. The molecule has 1 aliphatic heterocycles. The van der Waals surface area contributed by atoms with Gasteiger partial charge in [0.25, 0.3) is 0 Å². The van der Waals surface area contributed by atoms with E-state index in [1.54, 1.807) is 0 Å². The smallest absolute Gasteiger partial charge is 0.0233 e. The molecule has 1 aromatic rings. The van der Waals surface area contributed by atoms with E-state index < -0.39 is 0 Å². The molecule has 0 spiro atoms. The van der Waals surface area contributed by atoms with Crippen LogP contribution in [0.15, 0.2) is 18.2 Å². The third kappa shape index (κ3) is 2.46. The number of hydrogen-bond acceptors (Lipinski definition) is 1. The summed E-state index contributed by atoms with van der Waals surface area (Å²) in [5, 5.41) is 0. The number of rotatable bonds is 0. The summed E-state index contributed by atoms with van der Waals surface area (Å²) in [6.45, 7) is 2.09. The average Bonchev–Trinajstić information content (AvgIpc) is 2.04. The zero-order chi connectivity index (χ0) is 8.55. The van der Waals surface area contributed by atoms with Crippen LogP contribution in [0.3, 0.4) is 0 Å². The molecule has 0 aliphatic carbocycles. The Hall–Kier alpha value is 0.422. The summed E-state index contributed by atoms with van der Waals surface area (Å²) in [5.41, 5.74) is 11.0. The molecule has 13 heavy (non-hydrogen) atoms. The van der Waals surface area contributed by atoms with E-state index in [0.29, 0.717) is 5.69 Å². The van der Waals surface area contributed by atoms with Crippen molar-refractivity contribution in [2.75, 3.05) is 13.6 Å². The summed E-state index contributed by atoms with van der Waals surface area (Å²) in [4.78, 5) is 2.29. The van der Waals surface area contributed by atoms with Gasteiger partial charge in [0.1, 0.15) is 0 Å². The van der Waals surface area contributed by atoms with Gasteiger partial charge in [-0.15, -0.1) is 5.69 Å². The molecule has 67 valence electrons. The van der Waals surface area contributed by atoms with Crippen LogP contribution in [-0.2, 0) is 13.0 Å². The molecule has 0 amide bonds. The van der Waals surface area contributed by atoms with Crippen LogP contribution in [0.1, 0.15) is 11.1 Å². The van der Waals surface area contributed by atoms with E-state index in [-0.39, 0.29) is 44.1 Å². The molecule has 0 saturated carbocycles. The van der Waals surface area contributed by atoms with E-state index in [4.69, 9.17) is 5.73 Å². The molecule has 0 fully saturated rings. The fourth-order valence-corrected chi connectivity index (χ4v) is 1.75. The third-order valence-corrected chi connectivity index (χ3v) is 2.46. The Morgan fingerprint density at radius 2 is 2.15 bits per heavy atom. The van der Waals surface area contributed by atoms with Crippen molar-refractivity contribution in [3.63, 3.8) is 0 Å². The molecule has 2 rings (SSSR count). The van der Waals surface area contributed by atoms with Crippen LogP contribution in [0.2, 0.25) is 0 Å². The predicted octanol–water partition coefficient (Wildman–Crippen LogP) is 2.36. The van der Waals surface area contributed by atoms with E-state index in [1.807, 2.05) is 12.1 Å². The topological polar surface area (TPSA) is 27.0 Å². The number of hydrogen-bond donors (Lipinski definition) is 0. The maximum Gasteiger partial charge on any atom is 0.0233 e. The van der Waals surface area contributed by atoms with Gasteiger partial charge in [-0.05, 0) is 19.0 Å². The summed E-state index contributed by atoms with van der Waals surface area (Å²) in [6, 6.07) is 5.98. The molecule has 1 radical (unpaired) electrons.